The van der Waals surface area contributed by atoms with Crippen molar-refractivity contribution >= 4 is 52.1 Å². The second-order valence-electron chi connectivity index (χ2n) is 11.7. The molecule has 3 N–H and O–H groups in total. The van der Waals surface area contributed by atoms with Crippen molar-refractivity contribution in [2.24, 2.45) is 0 Å². The van der Waals surface area contributed by atoms with Gasteiger partial charge in [0, 0.05) is 18.3 Å². The molecular weight excluding hydrogens is 632 g/mol. The van der Waals surface area contributed by atoms with Gasteiger partial charge in [-0.2, -0.15) is 0 Å². The van der Waals surface area contributed by atoms with Crippen LogP contribution in [0.5, 0.6) is 11.5 Å². The number of amides is 4. The first-order valence-corrected chi connectivity index (χ1v) is 16.3. The number of hydrogen-bond acceptors (Lipinski definition) is 11. The Kier molecular flexibility index (Phi) is 10.4. The summed E-state index contributed by atoms with van der Waals surface area (Å²) < 4.78 is 16.7. The van der Waals surface area contributed by atoms with Crippen molar-refractivity contribution < 1.29 is 38.2 Å². The van der Waals surface area contributed by atoms with E-state index in [0.717, 1.165) is 65.3 Å². The minimum atomic E-state index is -1.09. The summed E-state index contributed by atoms with van der Waals surface area (Å²) in [6, 6.07) is 13.1. The molecule has 4 aromatic rings. The van der Waals surface area contributed by atoms with Crippen LogP contribution in [-0.2, 0) is 19.1 Å². The maximum atomic E-state index is 13.1. The van der Waals surface area contributed by atoms with Gasteiger partial charge in [0.05, 0.1) is 29.7 Å². The fraction of sp³-hybridized carbons (Fsp3) is 0.343. The highest BCUT2D eigenvalue weighted by Crippen LogP contribution is 2.33. The number of carbonyl (C=O) groups excluding carboxylic acids is 5. The maximum absolute atomic E-state index is 13.1. The average molecular weight is 669 g/mol. The SMILES string of the molecule is O=C1CCC(N2C(=O)c3cccc(OCC(=O)OCCCCCCCCOc4ccc(Nc5ncnc6[nH]ccc56)cc4)c3C2=O)C(=O)N1. The van der Waals surface area contributed by atoms with Crippen LogP contribution in [0.4, 0.5) is 11.5 Å². The van der Waals surface area contributed by atoms with Crippen molar-refractivity contribution in [3.63, 3.8) is 0 Å². The molecule has 254 valence electrons. The second kappa shape index (κ2) is 15.4. The first-order chi connectivity index (χ1) is 23.9. The molecule has 0 spiro atoms. The van der Waals surface area contributed by atoms with E-state index in [9.17, 15) is 24.0 Å². The van der Waals surface area contributed by atoms with E-state index in [1.165, 1.54) is 24.5 Å². The number of carbonyl (C=O) groups is 5. The topological polar surface area (TPSA) is 182 Å². The van der Waals surface area contributed by atoms with Gasteiger partial charge in [-0.15, -0.1) is 0 Å². The molecule has 49 heavy (non-hydrogen) atoms. The van der Waals surface area contributed by atoms with Gasteiger partial charge in [-0.3, -0.25) is 29.4 Å². The monoisotopic (exact) mass is 668 g/mol. The van der Waals surface area contributed by atoms with Gasteiger partial charge in [0.15, 0.2) is 6.61 Å². The van der Waals surface area contributed by atoms with Crippen molar-refractivity contribution in [2.75, 3.05) is 25.1 Å². The van der Waals surface area contributed by atoms with Gasteiger partial charge in [-0.05, 0) is 61.7 Å². The van der Waals surface area contributed by atoms with Gasteiger partial charge in [0.1, 0.15) is 35.3 Å². The van der Waals surface area contributed by atoms with Crippen LogP contribution in [0.25, 0.3) is 11.0 Å². The number of imide groups is 2. The highest BCUT2D eigenvalue weighted by Gasteiger charge is 2.46. The molecule has 4 heterocycles. The summed E-state index contributed by atoms with van der Waals surface area (Å²) in [4.78, 5) is 74.6. The molecule has 14 heteroatoms. The van der Waals surface area contributed by atoms with E-state index in [-0.39, 0.29) is 36.3 Å². The third-order valence-corrected chi connectivity index (χ3v) is 8.32. The molecule has 1 saturated heterocycles. The van der Waals surface area contributed by atoms with Gasteiger partial charge in [0.25, 0.3) is 11.8 Å². The molecule has 2 aromatic heterocycles. The van der Waals surface area contributed by atoms with Gasteiger partial charge < -0.3 is 24.5 Å². The minimum absolute atomic E-state index is 0.0149. The lowest BCUT2D eigenvalue weighted by Crippen LogP contribution is -2.54. The number of unbranched alkanes of at least 4 members (excludes halogenated alkanes) is 5. The number of fused-ring (bicyclic) bond motifs is 2. The van der Waals surface area contributed by atoms with Crippen molar-refractivity contribution in [1.29, 1.82) is 0 Å². The minimum Gasteiger partial charge on any atom is -0.494 e. The quantitative estimate of drug-likeness (QED) is 0.0872. The number of piperidine rings is 1. The zero-order valence-corrected chi connectivity index (χ0v) is 26.7. The normalized spacial score (nSPS) is 15.7. The van der Waals surface area contributed by atoms with E-state index in [4.69, 9.17) is 14.2 Å². The van der Waals surface area contributed by atoms with Crippen LogP contribution in [0.3, 0.4) is 0 Å². The Morgan fingerprint density at radius 3 is 2.45 bits per heavy atom. The van der Waals surface area contributed by atoms with Crippen molar-refractivity contribution in [3.8, 4) is 11.5 Å². The van der Waals surface area contributed by atoms with E-state index in [2.05, 4.69) is 25.6 Å². The largest absolute Gasteiger partial charge is 0.494 e. The van der Waals surface area contributed by atoms with Gasteiger partial charge in [-0.1, -0.05) is 31.7 Å². The summed E-state index contributed by atoms with van der Waals surface area (Å²) >= 11 is 0. The van der Waals surface area contributed by atoms with E-state index in [0.29, 0.717) is 13.0 Å². The lowest BCUT2D eigenvalue weighted by molar-refractivity contribution is -0.146. The predicted molar refractivity (Wildman–Crippen MR) is 176 cm³/mol. The number of hydrogen-bond donors (Lipinski definition) is 3. The third-order valence-electron chi connectivity index (χ3n) is 8.32. The molecule has 0 radical (unpaired) electrons. The molecule has 6 rings (SSSR count). The molecule has 1 atom stereocenters. The molecule has 2 aromatic carbocycles. The van der Waals surface area contributed by atoms with Crippen molar-refractivity contribution in [2.45, 2.75) is 57.4 Å². The van der Waals surface area contributed by atoms with Crippen LogP contribution < -0.4 is 20.1 Å². The van der Waals surface area contributed by atoms with Crippen LogP contribution in [0.15, 0.2) is 61.1 Å². The number of benzene rings is 2. The molecule has 2 aliphatic heterocycles. The van der Waals surface area contributed by atoms with Crippen LogP contribution in [0.2, 0.25) is 0 Å². The van der Waals surface area contributed by atoms with E-state index >= 15 is 0 Å². The average Bonchev–Trinajstić information content (AvgIpc) is 3.69. The summed E-state index contributed by atoms with van der Waals surface area (Å²) in [5.41, 5.74) is 1.74. The Hall–Kier alpha value is -5.79. The summed E-state index contributed by atoms with van der Waals surface area (Å²) in [6.07, 6.45) is 9.03. The molecule has 0 aliphatic carbocycles. The molecule has 0 bridgehead atoms. The number of aromatic nitrogens is 3. The number of esters is 1. The Bertz CT molecular complexity index is 1860. The fourth-order valence-electron chi connectivity index (χ4n) is 5.81. The molecule has 1 fully saturated rings. The van der Waals surface area contributed by atoms with Gasteiger partial charge in [-0.25, -0.2) is 14.8 Å². The lowest BCUT2D eigenvalue weighted by atomic mass is 10.0. The standard InChI is InChI=1S/C35H36N6O8/c42-28-15-14-26(33(44)40-28)41-34(45)24-8-7-9-27(30(24)35(41)46)49-20-29(43)48-19-6-4-2-1-3-5-18-47-23-12-10-22(11-13-23)39-32-25-16-17-36-31(25)37-21-38-32/h7-13,16-17,21,26H,1-6,14-15,18-20H2,(H,40,42,44)(H2,36,37,38,39). The predicted octanol–water partition coefficient (Wildman–Crippen LogP) is 4.44. The number of nitrogens with one attached hydrogen (secondary N) is 3. The lowest BCUT2D eigenvalue weighted by Gasteiger charge is -2.27. The zero-order chi connectivity index (χ0) is 34.2. The number of aromatic amines is 1. The summed E-state index contributed by atoms with van der Waals surface area (Å²) in [5.74, 6) is -1.50. The first-order valence-electron chi connectivity index (χ1n) is 16.3. The number of rotatable bonds is 16. The Morgan fingerprint density at radius 1 is 0.878 bits per heavy atom. The Balaban J connectivity index is 0.825. The third kappa shape index (κ3) is 7.86. The molecule has 14 nitrogen and oxygen atoms in total. The zero-order valence-electron chi connectivity index (χ0n) is 26.7. The second-order valence-corrected chi connectivity index (χ2v) is 11.7. The van der Waals surface area contributed by atoms with Crippen LogP contribution in [0, 0.1) is 0 Å². The van der Waals surface area contributed by atoms with Crippen LogP contribution >= 0.6 is 0 Å². The number of H-pyrrole nitrogens is 1. The van der Waals surface area contributed by atoms with Gasteiger partial charge >= 0.3 is 5.97 Å². The number of ether oxygens (including phenoxy) is 3. The highest BCUT2D eigenvalue weighted by molar-refractivity contribution is 6.24. The summed E-state index contributed by atoms with van der Waals surface area (Å²) in [7, 11) is 0. The smallest absolute Gasteiger partial charge is 0.344 e. The van der Waals surface area contributed by atoms with E-state index < -0.39 is 42.2 Å². The van der Waals surface area contributed by atoms with E-state index in [1.807, 2.05) is 36.5 Å². The number of anilines is 2. The Morgan fingerprint density at radius 2 is 1.65 bits per heavy atom. The molecule has 4 amide bonds. The first kappa shape index (κ1) is 33.1. The molecule has 2 aliphatic rings. The van der Waals surface area contributed by atoms with Crippen LogP contribution in [-0.4, -0.2) is 75.3 Å². The molecule has 0 saturated carbocycles. The van der Waals surface area contributed by atoms with Crippen molar-refractivity contribution in [1.82, 2.24) is 25.2 Å². The maximum Gasteiger partial charge on any atom is 0.344 e. The Labute approximate surface area is 281 Å². The number of nitrogens with zero attached hydrogens (tertiary/aromatic N) is 3. The molecular formula is C35H36N6O8. The summed E-state index contributed by atoms with van der Waals surface area (Å²) in [5, 5.41) is 6.39. The van der Waals surface area contributed by atoms with Crippen molar-refractivity contribution in [3.05, 3.63) is 72.2 Å². The van der Waals surface area contributed by atoms with E-state index in [1.54, 1.807) is 0 Å². The van der Waals surface area contributed by atoms with Crippen LogP contribution in [0.1, 0.15) is 72.1 Å². The summed E-state index contributed by atoms with van der Waals surface area (Å²) in [6.45, 7) is 0.436. The molecule has 1 unspecified atom stereocenters. The highest BCUT2D eigenvalue weighted by atomic mass is 16.6. The fourth-order valence-corrected chi connectivity index (χ4v) is 5.81. The van der Waals surface area contributed by atoms with Gasteiger partial charge in [0.2, 0.25) is 11.8 Å².